The number of aliphatic imine (C=N–C) groups is 1. The Hall–Kier alpha value is -1.46. The largest absolute Gasteiger partial charge is 0.450 e. The zero-order chi connectivity index (χ0) is 14.4. The highest BCUT2D eigenvalue weighted by Crippen LogP contribution is 2.32. The minimum atomic E-state index is -0.211. The Kier molecular flexibility index (Phi) is 5.49. The summed E-state index contributed by atoms with van der Waals surface area (Å²) in [6.07, 6.45) is 5.43. The molecule has 0 aromatic heterocycles. The van der Waals surface area contributed by atoms with Crippen LogP contribution in [0.5, 0.6) is 0 Å². The van der Waals surface area contributed by atoms with Gasteiger partial charge >= 0.3 is 6.09 Å². The summed E-state index contributed by atoms with van der Waals surface area (Å²) in [5.41, 5.74) is 5.89. The number of hydrogen-bond acceptors (Lipinski definition) is 3. The molecule has 0 bridgehead atoms. The van der Waals surface area contributed by atoms with Gasteiger partial charge in [0.15, 0.2) is 5.96 Å². The maximum absolute atomic E-state index is 11.6. The molecule has 0 spiro atoms. The normalized spacial score (nSPS) is 20.9. The van der Waals surface area contributed by atoms with Gasteiger partial charge in [-0.2, -0.15) is 0 Å². The van der Waals surface area contributed by atoms with Gasteiger partial charge in [0, 0.05) is 25.7 Å². The van der Waals surface area contributed by atoms with Crippen LogP contribution in [0.1, 0.15) is 39.0 Å². The SMILES string of the molecule is CCOC(=O)N1CCC(NC(N)=NCCC2CC2)CC1. The van der Waals surface area contributed by atoms with Crippen LogP contribution in [0.15, 0.2) is 4.99 Å². The molecule has 0 atom stereocenters. The lowest BCUT2D eigenvalue weighted by molar-refractivity contribution is 0.0963. The molecular weight excluding hydrogens is 256 g/mol. The predicted molar refractivity (Wildman–Crippen MR) is 78.6 cm³/mol. The van der Waals surface area contributed by atoms with Gasteiger partial charge in [-0.1, -0.05) is 12.8 Å². The highest BCUT2D eigenvalue weighted by atomic mass is 16.6. The Morgan fingerprint density at radius 3 is 2.65 bits per heavy atom. The molecular formula is C14H26N4O2. The van der Waals surface area contributed by atoms with Crippen LogP contribution < -0.4 is 11.1 Å². The molecule has 114 valence electrons. The first-order valence-electron chi connectivity index (χ1n) is 7.67. The van der Waals surface area contributed by atoms with Crippen LogP contribution in [0.2, 0.25) is 0 Å². The Balaban J connectivity index is 1.63. The molecule has 0 aromatic carbocycles. The van der Waals surface area contributed by atoms with E-state index in [2.05, 4.69) is 10.3 Å². The van der Waals surface area contributed by atoms with Crippen LogP contribution >= 0.6 is 0 Å². The summed E-state index contributed by atoms with van der Waals surface area (Å²) < 4.78 is 5.00. The van der Waals surface area contributed by atoms with Crippen LogP contribution in [-0.2, 0) is 4.74 Å². The summed E-state index contributed by atoms with van der Waals surface area (Å²) in [7, 11) is 0. The summed E-state index contributed by atoms with van der Waals surface area (Å²) >= 11 is 0. The zero-order valence-electron chi connectivity index (χ0n) is 12.3. The first kappa shape index (κ1) is 14.9. The molecule has 1 aliphatic heterocycles. The quantitative estimate of drug-likeness (QED) is 0.588. The molecule has 20 heavy (non-hydrogen) atoms. The van der Waals surface area contributed by atoms with Gasteiger partial charge < -0.3 is 20.7 Å². The van der Waals surface area contributed by atoms with Crippen LogP contribution in [0.4, 0.5) is 4.79 Å². The molecule has 1 amide bonds. The first-order chi connectivity index (χ1) is 9.69. The third-order valence-corrected chi connectivity index (χ3v) is 3.89. The first-order valence-corrected chi connectivity index (χ1v) is 7.67. The predicted octanol–water partition coefficient (Wildman–Crippen LogP) is 1.31. The van der Waals surface area contributed by atoms with Crippen molar-refractivity contribution in [1.82, 2.24) is 10.2 Å². The highest BCUT2D eigenvalue weighted by molar-refractivity contribution is 5.78. The average Bonchev–Trinajstić information content (AvgIpc) is 3.24. The number of hydrogen-bond donors (Lipinski definition) is 2. The Labute approximate surface area is 120 Å². The third kappa shape index (κ3) is 4.90. The number of piperidine rings is 1. The number of nitrogens with zero attached hydrogens (tertiary/aromatic N) is 2. The minimum Gasteiger partial charge on any atom is -0.450 e. The summed E-state index contributed by atoms with van der Waals surface area (Å²) in [6, 6.07) is 0.311. The summed E-state index contributed by atoms with van der Waals surface area (Å²) in [6.45, 7) is 4.51. The number of rotatable bonds is 5. The topological polar surface area (TPSA) is 80.0 Å². The fourth-order valence-corrected chi connectivity index (χ4v) is 2.45. The van der Waals surface area contributed by atoms with Crippen molar-refractivity contribution in [3.63, 3.8) is 0 Å². The summed E-state index contributed by atoms with van der Waals surface area (Å²) in [5, 5.41) is 3.25. The number of carbonyl (C=O) groups is 1. The van der Waals surface area contributed by atoms with E-state index in [4.69, 9.17) is 10.5 Å². The minimum absolute atomic E-state index is 0.211. The molecule has 2 fully saturated rings. The Morgan fingerprint density at radius 2 is 2.05 bits per heavy atom. The second-order valence-electron chi connectivity index (χ2n) is 5.60. The number of nitrogens with one attached hydrogen (secondary N) is 1. The van der Waals surface area contributed by atoms with Gasteiger partial charge in [0.1, 0.15) is 0 Å². The van der Waals surface area contributed by atoms with Gasteiger partial charge in [0.2, 0.25) is 0 Å². The van der Waals surface area contributed by atoms with Crippen molar-refractivity contribution in [1.29, 1.82) is 0 Å². The van der Waals surface area contributed by atoms with Gasteiger partial charge in [-0.25, -0.2) is 4.79 Å². The summed E-state index contributed by atoms with van der Waals surface area (Å²) in [5.74, 6) is 1.43. The number of nitrogens with two attached hydrogens (primary N) is 1. The zero-order valence-corrected chi connectivity index (χ0v) is 12.3. The van der Waals surface area contributed by atoms with E-state index >= 15 is 0 Å². The lowest BCUT2D eigenvalue weighted by Gasteiger charge is -2.31. The maximum Gasteiger partial charge on any atom is 0.409 e. The van der Waals surface area contributed by atoms with Crippen molar-refractivity contribution < 1.29 is 9.53 Å². The van der Waals surface area contributed by atoms with Crippen molar-refractivity contribution in [2.75, 3.05) is 26.2 Å². The van der Waals surface area contributed by atoms with Crippen LogP contribution in [-0.4, -0.2) is 49.2 Å². The molecule has 1 saturated heterocycles. The van der Waals surface area contributed by atoms with Crippen LogP contribution in [0.3, 0.4) is 0 Å². The van der Waals surface area contributed by atoms with Crippen LogP contribution in [0, 0.1) is 5.92 Å². The molecule has 6 nitrogen and oxygen atoms in total. The second kappa shape index (κ2) is 7.36. The third-order valence-electron chi connectivity index (χ3n) is 3.89. The maximum atomic E-state index is 11.6. The molecule has 1 heterocycles. The molecule has 3 N–H and O–H groups in total. The fourth-order valence-electron chi connectivity index (χ4n) is 2.45. The van der Waals surface area contributed by atoms with E-state index in [0.29, 0.717) is 31.7 Å². The van der Waals surface area contributed by atoms with Crippen molar-refractivity contribution in [3.05, 3.63) is 0 Å². The average molecular weight is 282 g/mol. The molecule has 1 saturated carbocycles. The standard InChI is InChI=1S/C14H26N4O2/c1-2-20-14(19)18-9-6-12(7-10-18)17-13(15)16-8-5-11-3-4-11/h11-12H,2-10H2,1H3,(H3,15,16,17). The smallest absolute Gasteiger partial charge is 0.409 e. The van der Waals surface area contributed by atoms with Crippen molar-refractivity contribution in [2.24, 2.45) is 16.6 Å². The van der Waals surface area contributed by atoms with Gasteiger partial charge in [-0.3, -0.25) is 4.99 Å². The Bertz CT molecular complexity index is 347. The number of likely N-dealkylation sites (tertiary alicyclic amines) is 1. The molecule has 6 heteroatoms. The fraction of sp³-hybridized carbons (Fsp3) is 0.857. The number of guanidine groups is 1. The van der Waals surface area contributed by atoms with E-state index < -0.39 is 0 Å². The van der Waals surface area contributed by atoms with Gasteiger partial charge in [-0.15, -0.1) is 0 Å². The van der Waals surface area contributed by atoms with Crippen molar-refractivity contribution in [3.8, 4) is 0 Å². The van der Waals surface area contributed by atoms with E-state index in [-0.39, 0.29) is 6.09 Å². The molecule has 1 aliphatic carbocycles. The number of ether oxygens (including phenoxy) is 1. The lowest BCUT2D eigenvalue weighted by atomic mass is 10.1. The molecule has 0 unspecified atom stereocenters. The van der Waals surface area contributed by atoms with E-state index in [1.54, 1.807) is 4.90 Å². The number of carbonyl (C=O) groups excluding carboxylic acids is 1. The van der Waals surface area contributed by atoms with Crippen molar-refractivity contribution >= 4 is 12.1 Å². The van der Waals surface area contributed by atoms with E-state index in [1.807, 2.05) is 6.92 Å². The van der Waals surface area contributed by atoms with Gasteiger partial charge in [-0.05, 0) is 32.1 Å². The van der Waals surface area contributed by atoms with Crippen LogP contribution in [0.25, 0.3) is 0 Å². The van der Waals surface area contributed by atoms with E-state index in [9.17, 15) is 4.79 Å². The highest BCUT2D eigenvalue weighted by Gasteiger charge is 2.24. The van der Waals surface area contributed by atoms with Crippen molar-refractivity contribution in [2.45, 2.75) is 45.1 Å². The lowest BCUT2D eigenvalue weighted by Crippen LogP contribution is -2.48. The molecule has 0 radical (unpaired) electrons. The van der Waals surface area contributed by atoms with Gasteiger partial charge in [0.25, 0.3) is 0 Å². The van der Waals surface area contributed by atoms with E-state index in [1.165, 1.54) is 12.8 Å². The Morgan fingerprint density at radius 1 is 1.35 bits per heavy atom. The van der Waals surface area contributed by atoms with Gasteiger partial charge in [0.05, 0.1) is 6.61 Å². The summed E-state index contributed by atoms with van der Waals surface area (Å²) in [4.78, 5) is 17.7. The second-order valence-corrected chi connectivity index (χ2v) is 5.60. The monoisotopic (exact) mass is 282 g/mol. The molecule has 2 aliphatic rings. The molecule has 2 rings (SSSR count). The molecule has 0 aromatic rings. The van der Waals surface area contributed by atoms with E-state index in [0.717, 1.165) is 31.7 Å². The number of amides is 1.